The summed E-state index contributed by atoms with van der Waals surface area (Å²) in [4.78, 5) is 29.4. The molecule has 0 unspecified atom stereocenters. The molecule has 0 saturated carbocycles. The average Bonchev–Trinajstić information content (AvgIpc) is 3.60. The minimum atomic E-state index is -0.265. The monoisotopic (exact) mass is 645 g/mol. The van der Waals surface area contributed by atoms with Crippen molar-refractivity contribution in [1.82, 2.24) is 9.97 Å². The third kappa shape index (κ3) is 9.21. The molecular weight excluding hydrogens is 614 g/mol. The second kappa shape index (κ2) is 15.4. The Morgan fingerprint density at radius 3 is 1.74 bits per heavy atom. The van der Waals surface area contributed by atoms with E-state index >= 15 is 0 Å². The van der Waals surface area contributed by atoms with Gasteiger partial charge in [-0.1, -0.05) is 5.16 Å². The van der Waals surface area contributed by atoms with E-state index in [1.165, 1.54) is 56.3 Å². The topological polar surface area (TPSA) is 240 Å². The number of oxazole rings is 2. The van der Waals surface area contributed by atoms with Crippen molar-refractivity contribution in [3.63, 3.8) is 0 Å². The van der Waals surface area contributed by atoms with Gasteiger partial charge in [-0.05, 0) is 74.5 Å². The Labute approximate surface area is 266 Å². The molecule has 6 rings (SSSR count). The summed E-state index contributed by atoms with van der Waals surface area (Å²) in [5.41, 5.74) is 3.22. The zero-order chi connectivity index (χ0) is 34.8. The maximum atomic E-state index is 10.7. The molecule has 0 aliphatic carbocycles. The average molecular weight is 646 g/mol. The lowest BCUT2D eigenvalue weighted by Gasteiger charge is -2.02. The summed E-state index contributed by atoms with van der Waals surface area (Å²) in [5.74, 6) is 0.839. The van der Waals surface area contributed by atoms with Crippen LogP contribution in [0.1, 0.15) is 51.9 Å². The molecule has 0 spiro atoms. The van der Waals surface area contributed by atoms with Crippen LogP contribution in [0.4, 0.5) is 0 Å². The number of aryl methyl sites for hydroxylation is 2. The lowest BCUT2D eigenvalue weighted by atomic mass is 10.1. The van der Waals surface area contributed by atoms with Gasteiger partial charge in [0.2, 0.25) is 0 Å². The quantitative estimate of drug-likeness (QED) is 0.0288. The van der Waals surface area contributed by atoms with Crippen LogP contribution >= 0.6 is 0 Å². The number of aromatic hydroxyl groups is 6. The van der Waals surface area contributed by atoms with Crippen LogP contribution in [0, 0.1) is 13.8 Å². The first-order valence-corrected chi connectivity index (χ1v) is 13.6. The number of phenolic OH excluding ortho intramolecular Hbond substituents is 6. The van der Waals surface area contributed by atoms with Crippen molar-refractivity contribution < 1.29 is 54.3 Å². The molecule has 0 aliphatic rings. The van der Waals surface area contributed by atoms with Crippen molar-refractivity contribution in [2.75, 3.05) is 0 Å². The number of phenols is 6. The van der Waals surface area contributed by atoms with Crippen molar-refractivity contribution in [3.8, 4) is 34.5 Å². The van der Waals surface area contributed by atoms with E-state index in [1.54, 1.807) is 38.1 Å². The Balaban J connectivity index is 0.000000171. The summed E-state index contributed by atoms with van der Waals surface area (Å²) in [5, 5.41) is 65.9. The van der Waals surface area contributed by atoms with Crippen LogP contribution in [0.15, 0.2) is 80.7 Å². The van der Waals surface area contributed by atoms with E-state index in [0.717, 1.165) is 0 Å². The molecule has 4 aromatic carbocycles. The first kappa shape index (κ1) is 34.9. The van der Waals surface area contributed by atoms with Gasteiger partial charge in [-0.2, -0.15) is 0 Å². The van der Waals surface area contributed by atoms with E-state index < -0.39 is 0 Å². The number of Topliss-reactive ketones (excluding diaryl/α,β-unsaturated/α-hetero) is 1. The van der Waals surface area contributed by atoms with Crippen molar-refractivity contribution in [1.29, 1.82) is 0 Å². The van der Waals surface area contributed by atoms with Crippen molar-refractivity contribution in [2.24, 2.45) is 5.16 Å². The maximum Gasteiger partial charge on any atom is 0.192 e. The van der Waals surface area contributed by atoms with Gasteiger partial charge in [-0.15, -0.1) is 0 Å². The number of nitrogens with zero attached hydrogens (tertiary/aromatic N) is 3. The summed E-state index contributed by atoms with van der Waals surface area (Å²) < 4.78 is 10.4. The number of carbonyl (C=O) groups excluding carboxylic acids is 2. The highest BCUT2D eigenvalue weighted by atomic mass is 16.4. The van der Waals surface area contributed by atoms with Gasteiger partial charge in [0, 0.05) is 25.5 Å². The van der Waals surface area contributed by atoms with Gasteiger partial charge in [-0.25, -0.2) is 9.97 Å². The van der Waals surface area contributed by atoms with Gasteiger partial charge >= 0.3 is 0 Å². The third-order valence-corrected chi connectivity index (χ3v) is 6.16. The van der Waals surface area contributed by atoms with Crippen LogP contribution in [0.3, 0.4) is 0 Å². The molecule has 0 fully saturated rings. The predicted octanol–water partition coefficient (Wildman–Crippen LogP) is 6.09. The van der Waals surface area contributed by atoms with E-state index in [-0.39, 0.29) is 57.1 Å². The summed E-state index contributed by atoms with van der Waals surface area (Å²) >= 11 is 0. The van der Waals surface area contributed by atoms with Crippen LogP contribution in [0.2, 0.25) is 0 Å². The third-order valence-electron chi connectivity index (χ3n) is 6.16. The van der Waals surface area contributed by atoms with Gasteiger partial charge in [-0.3, -0.25) is 9.59 Å². The molecule has 0 bridgehead atoms. The molecule has 244 valence electrons. The Morgan fingerprint density at radius 2 is 1.17 bits per heavy atom. The van der Waals surface area contributed by atoms with Gasteiger partial charge in [0.1, 0.15) is 45.5 Å². The Kier molecular flexibility index (Phi) is 11.5. The highest BCUT2D eigenvalue weighted by molar-refractivity contribution is 6.01. The molecule has 47 heavy (non-hydrogen) atoms. The normalized spacial score (nSPS) is 10.6. The molecule has 6 aromatic rings. The summed E-state index contributed by atoms with van der Waals surface area (Å²) in [7, 11) is 0. The first-order chi connectivity index (χ1) is 22.2. The van der Waals surface area contributed by atoms with Crippen LogP contribution in [0.25, 0.3) is 22.2 Å². The number of hydrogen-bond donors (Lipinski definition) is 7. The highest BCUT2D eigenvalue weighted by Gasteiger charge is 2.11. The molecule has 0 atom stereocenters. The number of aromatic nitrogens is 2. The number of aldehydes is 1. The Morgan fingerprint density at radius 1 is 0.681 bits per heavy atom. The summed E-state index contributed by atoms with van der Waals surface area (Å²) in [6.07, 6.45) is 0.569. The Hall–Kier alpha value is -6.57. The number of hydrogen-bond acceptors (Lipinski definition) is 14. The molecule has 2 heterocycles. The number of oxime groups is 1. The first-order valence-electron chi connectivity index (χ1n) is 13.6. The SMILES string of the molecule is C/C(=N\O)c1cc(O)ccc1O.CC(=O)c1cc(O)ccc1O.Cc1nc2c(C=O)c(O)ccc2o1.Cc1nc2cc(O)ccc2o1. The fourth-order valence-electron chi connectivity index (χ4n) is 3.94. The number of rotatable bonds is 3. The second-order valence-electron chi connectivity index (χ2n) is 9.73. The van der Waals surface area contributed by atoms with Gasteiger partial charge in [0.15, 0.2) is 35.0 Å². The van der Waals surface area contributed by atoms with E-state index in [1.807, 2.05) is 0 Å². The summed E-state index contributed by atoms with van der Waals surface area (Å²) in [6, 6.07) is 15.7. The minimum absolute atomic E-state index is 0.0193. The Bertz CT molecular complexity index is 2060. The molecule has 7 N–H and O–H groups in total. The number of ketones is 1. The van der Waals surface area contributed by atoms with Crippen LogP contribution in [0.5, 0.6) is 34.5 Å². The second-order valence-corrected chi connectivity index (χ2v) is 9.73. The molecule has 0 saturated heterocycles. The molecule has 0 radical (unpaired) electrons. The smallest absolute Gasteiger partial charge is 0.192 e. The van der Waals surface area contributed by atoms with E-state index in [9.17, 15) is 19.8 Å². The zero-order valence-electron chi connectivity index (χ0n) is 25.5. The fraction of sp³-hybridized carbons (Fsp3) is 0.121. The molecule has 0 aliphatic heterocycles. The van der Waals surface area contributed by atoms with Gasteiger partial charge in [0.05, 0.1) is 16.8 Å². The van der Waals surface area contributed by atoms with E-state index in [2.05, 4.69) is 15.1 Å². The fourth-order valence-corrected chi connectivity index (χ4v) is 3.94. The zero-order valence-corrected chi connectivity index (χ0v) is 25.5. The summed E-state index contributed by atoms with van der Waals surface area (Å²) in [6.45, 7) is 6.31. The highest BCUT2D eigenvalue weighted by Crippen LogP contribution is 2.26. The molecule has 14 nitrogen and oxygen atoms in total. The van der Waals surface area contributed by atoms with Crippen LogP contribution in [-0.2, 0) is 0 Å². The molecule has 2 aromatic heterocycles. The molecule has 14 heteroatoms. The standard InChI is InChI=1S/C9H7NO3.C8H9NO3.C8H7NO2.C8H8O3/c1-5-10-9-6(4-11)7(12)2-3-8(9)13-5;1-5(9-12)7-4-6(10)2-3-8(7)11;1-5-9-7-4-6(10)2-3-8(7)11-5;1-5(9)7-4-6(10)2-3-8(7)11/h2-4,12H,1H3;2-4,10-12H,1H3;2-4,10H,1H3;2-4,10-11H,1H3/b;9-5+;;. The lowest BCUT2D eigenvalue weighted by Crippen LogP contribution is -1.94. The number of benzene rings is 4. The van der Waals surface area contributed by atoms with Crippen molar-refractivity contribution in [3.05, 3.63) is 95.2 Å². The minimum Gasteiger partial charge on any atom is -0.508 e. The number of carbonyl (C=O) groups is 2. The van der Waals surface area contributed by atoms with Crippen LogP contribution in [-0.4, -0.2) is 63.6 Å². The van der Waals surface area contributed by atoms with Crippen molar-refractivity contribution >= 4 is 40.0 Å². The number of fused-ring (bicyclic) bond motifs is 2. The van der Waals surface area contributed by atoms with Crippen LogP contribution < -0.4 is 0 Å². The maximum absolute atomic E-state index is 10.7. The van der Waals surface area contributed by atoms with E-state index in [0.29, 0.717) is 45.8 Å². The van der Waals surface area contributed by atoms with Gasteiger partial charge in [0.25, 0.3) is 0 Å². The predicted molar refractivity (Wildman–Crippen MR) is 170 cm³/mol. The lowest BCUT2D eigenvalue weighted by molar-refractivity contribution is 0.101. The molecular formula is C33H31N3O11. The largest absolute Gasteiger partial charge is 0.508 e. The van der Waals surface area contributed by atoms with Gasteiger partial charge < -0.3 is 44.7 Å². The molecule has 0 amide bonds. The van der Waals surface area contributed by atoms with Crippen molar-refractivity contribution in [2.45, 2.75) is 27.7 Å². The van der Waals surface area contributed by atoms with E-state index in [4.69, 9.17) is 34.5 Å².